The van der Waals surface area contributed by atoms with E-state index < -0.39 is 0 Å². The summed E-state index contributed by atoms with van der Waals surface area (Å²) in [5.74, 6) is 0. The number of nitrogens with zero attached hydrogens (tertiary/aromatic N) is 1. The first-order valence-corrected chi connectivity index (χ1v) is 6.00. The normalized spacial score (nSPS) is 10.4. The van der Waals surface area contributed by atoms with Crippen molar-refractivity contribution in [3.63, 3.8) is 0 Å². The Morgan fingerprint density at radius 2 is 2.12 bits per heavy atom. The van der Waals surface area contributed by atoms with Crippen LogP contribution >= 0.6 is 23.4 Å². The molecule has 2 N–H and O–H groups in total. The maximum absolute atomic E-state index is 5.84. The van der Waals surface area contributed by atoms with Crippen LogP contribution in [0.5, 0.6) is 0 Å². The van der Waals surface area contributed by atoms with Crippen LogP contribution in [0.15, 0.2) is 46.5 Å². The molecule has 0 saturated carbocycles. The van der Waals surface area contributed by atoms with E-state index in [2.05, 4.69) is 24.0 Å². The van der Waals surface area contributed by atoms with Crippen molar-refractivity contribution in [2.75, 3.05) is 5.73 Å². The number of hydrogen-bond acceptors (Lipinski definition) is 3. The molecule has 0 bridgehead atoms. The summed E-state index contributed by atoms with van der Waals surface area (Å²) < 4.78 is 0. The van der Waals surface area contributed by atoms with Crippen molar-refractivity contribution in [1.82, 2.24) is 4.98 Å². The van der Waals surface area contributed by atoms with Gasteiger partial charge in [-0.25, -0.2) is 4.98 Å². The largest absolute Gasteiger partial charge is 0.396 e. The molecule has 0 radical (unpaired) electrons. The Morgan fingerprint density at radius 3 is 2.81 bits per heavy atom. The van der Waals surface area contributed by atoms with Crippen LogP contribution in [0, 0.1) is 6.92 Å². The second-order valence-corrected chi connectivity index (χ2v) is 4.97. The summed E-state index contributed by atoms with van der Waals surface area (Å²) in [5.41, 5.74) is 7.67. The number of pyridine rings is 1. The monoisotopic (exact) mass is 250 g/mol. The van der Waals surface area contributed by atoms with E-state index in [1.165, 1.54) is 5.56 Å². The van der Waals surface area contributed by atoms with Gasteiger partial charge in [-0.15, -0.1) is 0 Å². The fraction of sp³-hybridized carbons (Fsp3) is 0.0833. The Hall–Kier alpha value is -1.19. The zero-order chi connectivity index (χ0) is 11.5. The Labute approximate surface area is 104 Å². The molecule has 0 aliphatic carbocycles. The highest BCUT2D eigenvalue weighted by Crippen LogP contribution is 2.31. The van der Waals surface area contributed by atoms with Crippen molar-refractivity contribution in [2.24, 2.45) is 0 Å². The standard InChI is InChI=1S/C12H11ClN2S/c1-8-3-2-4-10(5-8)16-12-11(14)6-9(13)7-15-12/h2-7H,14H2,1H3. The summed E-state index contributed by atoms with van der Waals surface area (Å²) in [4.78, 5) is 5.34. The highest BCUT2D eigenvalue weighted by atomic mass is 35.5. The van der Waals surface area contributed by atoms with Crippen molar-refractivity contribution in [2.45, 2.75) is 16.8 Å². The predicted molar refractivity (Wildman–Crippen MR) is 69.0 cm³/mol. The predicted octanol–water partition coefficient (Wildman–Crippen LogP) is 3.78. The van der Waals surface area contributed by atoms with Crippen LogP contribution in [0.25, 0.3) is 0 Å². The maximum atomic E-state index is 5.84. The number of hydrogen-bond donors (Lipinski definition) is 1. The molecule has 0 atom stereocenters. The van der Waals surface area contributed by atoms with Gasteiger partial charge < -0.3 is 5.73 Å². The second kappa shape index (κ2) is 4.76. The summed E-state index contributed by atoms with van der Waals surface area (Å²) >= 11 is 7.34. The topological polar surface area (TPSA) is 38.9 Å². The van der Waals surface area contributed by atoms with E-state index in [1.807, 2.05) is 12.1 Å². The molecule has 2 rings (SSSR count). The van der Waals surface area contributed by atoms with Crippen LogP contribution in [-0.2, 0) is 0 Å². The molecule has 1 heterocycles. The zero-order valence-electron chi connectivity index (χ0n) is 8.77. The lowest BCUT2D eigenvalue weighted by molar-refractivity contribution is 1.14. The van der Waals surface area contributed by atoms with Gasteiger partial charge in [0.05, 0.1) is 10.7 Å². The number of aryl methyl sites for hydroxylation is 1. The highest BCUT2D eigenvalue weighted by molar-refractivity contribution is 7.99. The van der Waals surface area contributed by atoms with E-state index in [4.69, 9.17) is 17.3 Å². The Bertz CT molecular complexity index is 514. The summed E-state index contributed by atoms with van der Waals surface area (Å²) in [6.45, 7) is 2.06. The summed E-state index contributed by atoms with van der Waals surface area (Å²) in [6, 6.07) is 9.92. The quantitative estimate of drug-likeness (QED) is 0.882. The minimum Gasteiger partial charge on any atom is -0.396 e. The molecular formula is C12H11ClN2S. The number of halogens is 1. The van der Waals surface area contributed by atoms with Gasteiger partial charge in [0.25, 0.3) is 0 Å². The summed E-state index contributed by atoms with van der Waals surface area (Å²) in [5, 5.41) is 1.35. The zero-order valence-corrected chi connectivity index (χ0v) is 10.3. The lowest BCUT2D eigenvalue weighted by Gasteiger charge is -2.05. The van der Waals surface area contributed by atoms with Crippen molar-refractivity contribution in [3.8, 4) is 0 Å². The van der Waals surface area contributed by atoms with Gasteiger partial charge in [-0.1, -0.05) is 41.1 Å². The molecule has 0 amide bonds. The van der Waals surface area contributed by atoms with Gasteiger partial charge in [-0.05, 0) is 25.1 Å². The van der Waals surface area contributed by atoms with Gasteiger partial charge in [0.1, 0.15) is 5.03 Å². The molecule has 1 aromatic heterocycles. The molecule has 0 saturated heterocycles. The third-order valence-electron chi connectivity index (χ3n) is 2.05. The van der Waals surface area contributed by atoms with Crippen molar-refractivity contribution < 1.29 is 0 Å². The smallest absolute Gasteiger partial charge is 0.124 e. The first-order valence-electron chi connectivity index (χ1n) is 4.81. The fourth-order valence-electron chi connectivity index (χ4n) is 1.32. The lowest BCUT2D eigenvalue weighted by Crippen LogP contribution is -1.91. The van der Waals surface area contributed by atoms with Crippen LogP contribution in [0.4, 0.5) is 5.69 Å². The maximum Gasteiger partial charge on any atom is 0.124 e. The number of rotatable bonds is 2. The lowest BCUT2D eigenvalue weighted by atomic mass is 10.2. The minimum atomic E-state index is 0.561. The van der Waals surface area contributed by atoms with Crippen LogP contribution in [-0.4, -0.2) is 4.98 Å². The number of nitrogens with two attached hydrogens (primary N) is 1. The van der Waals surface area contributed by atoms with E-state index in [0.717, 1.165) is 9.92 Å². The number of anilines is 1. The molecular weight excluding hydrogens is 240 g/mol. The van der Waals surface area contributed by atoms with E-state index in [9.17, 15) is 0 Å². The first-order chi connectivity index (χ1) is 7.65. The van der Waals surface area contributed by atoms with Crippen LogP contribution in [0.1, 0.15) is 5.56 Å². The Kier molecular flexibility index (Phi) is 3.36. The molecule has 82 valence electrons. The van der Waals surface area contributed by atoms with E-state index >= 15 is 0 Å². The number of benzene rings is 1. The van der Waals surface area contributed by atoms with E-state index in [1.54, 1.807) is 24.0 Å². The van der Waals surface area contributed by atoms with Crippen LogP contribution in [0.2, 0.25) is 5.02 Å². The van der Waals surface area contributed by atoms with Gasteiger partial charge in [0.15, 0.2) is 0 Å². The summed E-state index contributed by atoms with van der Waals surface area (Å²) in [6.07, 6.45) is 1.61. The molecule has 4 heteroatoms. The molecule has 2 nitrogen and oxygen atoms in total. The van der Waals surface area contributed by atoms with E-state index in [-0.39, 0.29) is 0 Å². The van der Waals surface area contributed by atoms with E-state index in [0.29, 0.717) is 10.7 Å². The second-order valence-electron chi connectivity index (χ2n) is 3.47. The average molecular weight is 251 g/mol. The minimum absolute atomic E-state index is 0.561. The molecule has 2 aromatic rings. The summed E-state index contributed by atoms with van der Waals surface area (Å²) in [7, 11) is 0. The van der Waals surface area contributed by atoms with Crippen molar-refractivity contribution in [3.05, 3.63) is 47.1 Å². The van der Waals surface area contributed by atoms with Gasteiger partial charge in [-0.3, -0.25) is 0 Å². The molecule has 0 aliphatic heterocycles. The van der Waals surface area contributed by atoms with Gasteiger partial charge in [-0.2, -0.15) is 0 Å². The van der Waals surface area contributed by atoms with Gasteiger partial charge >= 0.3 is 0 Å². The fourth-order valence-corrected chi connectivity index (χ4v) is 2.38. The molecule has 0 fully saturated rings. The molecule has 0 spiro atoms. The van der Waals surface area contributed by atoms with Gasteiger partial charge in [0.2, 0.25) is 0 Å². The highest BCUT2D eigenvalue weighted by Gasteiger charge is 2.04. The molecule has 1 aromatic carbocycles. The number of nitrogen functional groups attached to an aromatic ring is 1. The van der Waals surface area contributed by atoms with Crippen LogP contribution in [0.3, 0.4) is 0 Å². The molecule has 0 unspecified atom stereocenters. The Balaban J connectivity index is 2.27. The van der Waals surface area contributed by atoms with Gasteiger partial charge in [0, 0.05) is 11.1 Å². The third-order valence-corrected chi connectivity index (χ3v) is 3.28. The number of aromatic nitrogens is 1. The Morgan fingerprint density at radius 1 is 1.31 bits per heavy atom. The van der Waals surface area contributed by atoms with Crippen molar-refractivity contribution >= 4 is 29.1 Å². The SMILES string of the molecule is Cc1cccc(Sc2ncc(Cl)cc2N)c1. The molecule has 16 heavy (non-hydrogen) atoms. The third kappa shape index (κ3) is 2.68. The van der Waals surface area contributed by atoms with Crippen LogP contribution < -0.4 is 5.73 Å². The molecule has 0 aliphatic rings. The van der Waals surface area contributed by atoms with Crippen molar-refractivity contribution in [1.29, 1.82) is 0 Å². The average Bonchev–Trinajstić information content (AvgIpc) is 2.22. The first kappa shape index (κ1) is 11.3.